The molecule has 3 aromatic rings. The van der Waals surface area contributed by atoms with Crippen LogP contribution in [-0.2, 0) is 0 Å². The van der Waals surface area contributed by atoms with E-state index in [-0.39, 0.29) is 27.6 Å². The van der Waals surface area contributed by atoms with Gasteiger partial charge in [-0.05, 0) is 63.8 Å². The van der Waals surface area contributed by atoms with Gasteiger partial charge in [-0.3, -0.25) is 4.79 Å². The number of hydrogen-bond donors (Lipinski definition) is 1. The number of halogens is 2. The number of benzene rings is 2. The molecular weight excluding hydrogens is 409 g/mol. The molecule has 158 valence electrons. The first-order valence-electron chi connectivity index (χ1n) is 9.46. The minimum atomic E-state index is -0.583. The van der Waals surface area contributed by atoms with E-state index in [9.17, 15) is 9.18 Å². The maximum Gasteiger partial charge on any atom is 0.261 e. The van der Waals surface area contributed by atoms with Gasteiger partial charge in [0.25, 0.3) is 5.91 Å². The van der Waals surface area contributed by atoms with Crippen molar-refractivity contribution >= 4 is 23.2 Å². The molecule has 2 aromatic carbocycles. The van der Waals surface area contributed by atoms with Crippen LogP contribution >= 0.6 is 11.6 Å². The van der Waals surface area contributed by atoms with Crippen molar-refractivity contribution in [3.8, 4) is 17.0 Å². The van der Waals surface area contributed by atoms with E-state index in [1.165, 1.54) is 18.2 Å². The molecule has 0 atom stereocenters. The van der Waals surface area contributed by atoms with Crippen molar-refractivity contribution in [1.29, 1.82) is 0 Å². The second-order valence-corrected chi connectivity index (χ2v) is 7.45. The second kappa shape index (κ2) is 9.73. The molecule has 1 aromatic heterocycles. The van der Waals surface area contributed by atoms with Crippen LogP contribution in [-0.4, -0.2) is 43.2 Å². The van der Waals surface area contributed by atoms with E-state index in [0.717, 1.165) is 13.0 Å². The summed E-state index contributed by atoms with van der Waals surface area (Å²) in [7, 11) is 4.03. The number of nitrogens with zero attached hydrogens (tertiary/aromatic N) is 2. The molecule has 0 aliphatic carbocycles. The Hall–Kier alpha value is -2.90. The fourth-order valence-corrected chi connectivity index (χ4v) is 3.19. The zero-order chi connectivity index (χ0) is 21.7. The van der Waals surface area contributed by atoms with Gasteiger partial charge in [0, 0.05) is 12.2 Å². The number of carbonyl (C=O) groups is 1. The summed E-state index contributed by atoms with van der Waals surface area (Å²) in [4.78, 5) is 15.0. The van der Waals surface area contributed by atoms with Gasteiger partial charge in [0.1, 0.15) is 28.6 Å². The smallest absolute Gasteiger partial charge is 0.261 e. The van der Waals surface area contributed by atoms with Gasteiger partial charge in [0.05, 0.1) is 17.2 Å². The molecule has 0 aliphatic heterocycles. The molecule has 1 heterocycles. The average Bonchev–Trinajstić information content (AvgIpc) is 3.07. The number of aryl methyl sites for hydroxylation is 1. The molecule has 8 heteroatoms. The fraction of sp³-hybridized carbons (Fsp3) is 0.273. The predicted molar refractivity (Wildman–Crippen MR) is 115 cm³/mol. The van der Waals surface area contributed by atoms with E-state index < -0.39 is 11.7 Å². The summed E-state index contributed by atoms with van der Waals surface area (Å²) in [5.41, 5.74) is 0.786. The lowest BCUT2D eigenvalue weighted by molar-refractivity contribution is 0.102. The molecule has 0 saturated carbocycles. The van der Waals surface area contributed by atoms with Crippen LogP contribution < -0.4 is 10.1 Å². The van der Waals surface area contributed by atoms with Gasteiger partial charge < -0.3 is 19.5 Å². The predicted octanol–water partition coefficient (Wildman–Crippen LogP) is 5.03. The molecule has 0 fully saturated rings. The SMILES string of the molecule is Cc1onc(-c2c(F)cccc2Cl)c1C(=O)Nc1ccc(OCCCN(C)C)cc1. The lowest BCUT2D eigenvalue weighted by atomic mass is 10.0. The van der Waals surface area contributed by atoms with Crippen molar-refractivity contribution in [3.05, 3.63) is 64.6 Å². The van der Waals surface area contributed by atoms with Crippen LogP contribution in [0.5, 0.6) is 5.75 Å². The summed E-state index contributed by atoms with van der Waals surface area (Å²) in [5, 5.41) is 6.78. The maximum absolute atomic E-state index is 14.3. The van der Waals surface area contributed by atoms with Crippen LogP contribution in [0.25, 0.3) is 11.3 Å². The zero-order valence-electron chi connectivity index (χ0n) is 17.0. The van der Waals surface area contributed by atoms with Crippen LogP contribution in [0.1, 0.15) is 22.5 Å². The molecule has 1 N–H and O–H groups in total. The molecule has 0 radical (unpaired) electrons. The molecule has 0 unspecified atom stereocenters. The van der Waals surface area contributed by atoms with E-state index in [0.29, 0.717) is 18.0 Å². The summed E-state index contributed by atoms with van der Waals surface area (Å²) in [6.45, 7) is 3.14. The molecule has 1 amide bonds. The zero-order valence-corrected chi connectivity index (χ0v) is 17.8. The van der Waals surface area contributed by atoms with Gasteiger partial charge in [-0.2, -0.15) is 0 Å². The molecule has 30 heavy (non-hydrogen) atoms. The number of carbonyl (C=O) groups excluding carboxylic acids is 1. The number of aromatic nitrogens is 1. The number of rotatable bonds is 8. The highest BCUT2D eigenvalue weighted by molar-refractivity contribution is 6.33. The van der Waals surface area contributed by atoms with Crippen molar-refractivity contribution in [2.24, 2.45) is 0 Å². The van der Waals surface area contributed by atoms with Crippen molar-refractivity contribution in [1.82, 2.24) is 10.1 Å². The van der Waals surface area contributed by atoms with Gasteiger partial charge in [0.2, 0.25) is 0 Å². The highest BCUT2D eigenvalue weighted by atomic mass is 35.5. The lowest BCUT2D eigenvalue weighted by Gasteiger charge is -2.11. The number of anilines is 1. The highest BCUT2D eigenvalue weighted by Gasteiger charge is 2.25. The maximum atomic E-state index is 14.3. The molecule has 0 bridgehead atoms. The van der Waals surface area contributed by atoms with E-state index in [4.69, 9.17) is 20.9 Å². The third-order valence-electron chi connectivity index (χ3n) is 4.42. The van der Waals surface area contributed by atoms with Crippen molar-refractivity contribution in [2.75, 3.05) is 32.6 Å². The Balaban J connectivity index is 1.72. The Morgan fingerprint density at radius 2 is 1.97 bits per heavy atom. The van der Waals surface area contributed by atoms with Crippen LogP contribution in [0.2, 0.25) is 5.02 Å². The average molecular weight is 432 g/mol. The van der Waals surface area contributed by atoms with Crippen LogP contribution in [0.4, 0.5) is 10.1 Å². The van der Waals surface area contributed by atoms with E-state index >= 15 is 0 Å². The molecule has 3 rings (SSSR count). The van der Waals surface area contributed by atoms with Gasteiger partial charge in [0.15, 0.2) is 0 Å². The normalized spacial score (nSPS) is 11.0. The quantitative estimate of drug-likeness (QED) is 0.507. The van der Waals surface area contributed by atoms with Gasteiger partial charge in [-0.25, -0.2) is 4.39 Å². The van der Waals surface area contributed by atoms with E-state index in [1.807, 2.05) is 14.1 Å². The fourth-order valence-electron chi connectivity index (χ4n) is 2.93. The molecule has 6 nitrogen and oxygen atoms in total. The minimum Gasteiger partial charge on any atom is -0.494 e. The monoisotopic (exact) mass is 431 g/mol. The lowest BCUT2D eigenvalue weighted by Crippen LogP contribution is -2.15. The van der Waals surface area contributed by atoms with Gasteiger partial charge in [-0.1, -0.05) is 22.8 Å². The van der Waals surface area contributed by atoms with Crippen LogP contribution in [0.3, 0.4) is 0 Å². The second-order valence-electron chi connectivity index (χ2n) is 7.04. The van der Waals surface area contributed by atoms with Crippen molar-refractivity contribution in [3.63, 3.8) is 0 Å². The Labute approximate surface area is 179 Å². The van der Waals surface area contributed by atoms with E-state index in [1.54, 1.807) is 31.2 Å². The Kier molecular flexibility index (Phi) is 7.07. The Morgan fingerprint density at radius 1 is 1.23 bits per heavy atom. The number of nitrogens with one attached hydrogen (secondary N) is 1. The number of hydrogen-bond acceptors (Lipinski definition) is 5. The summed E-state index contributed by atoms with van der Waals surface area (Å²) >= 11 is 6.13. The van der Waals surface area contributed by atoms with Crippen molar-refractivity contribution in [2.45, 2.75) is 13.3 Å². The van der Waals surface area contributed by atoms with Gasteiger partial charge in [-0.15, -0.1) is 0 Å². The third kappa shape index (κ3) is 5.17. The Bertz CT molecular complexity index is 999. The topological polar surface area (TPSA) is 67.6 Å². The standard InChI is InChI=1S/C22H23ClFN3O3/c1-14-19(21(26-30-14)20-17(23)6-4-7-18(20)24)22(28)25-15-8-10-16(11-9-15)29-13-5-12-27(2)3/h4,6-11H,5,12-13H2,1-3H3,(H,25,28). The molecule has 0 saturated heterocycles. The summed E-state index contributed by atoms with van der Waals surface area (Å²) in [5.74, 6) is -0.0715. The van der Waals surface area contributed by atoms with Crippen LogP contribution in [0, 0.1) is 12.7 Å². The molecular formula is C22H23ClFN3O3. The summed E-state index contributed by atoms with van der Waals surface area (Å²) < 4.78 is 25.2. The first kappa shape index (κ1) is 21.8. The third-order valence-corrected chi connectivity index (χ3v) is 4.73. The first-order valence-corrected chi connectivity index (χ1v) is 9.84. The largest absolute Gasteiger partial charge is 0.494 e. The highest BCUT2D eigenvalue weighted by Crippen LogP contribution is 2.33. The van der Waals surface area contributed by atoms with Gasteiger partial charge >= 0.3 is 0 Å². The molecule has 0 spiro atoms. The summed E-state index contributed by atoms with van der Waals surface area (Å²) in [6, 6.07) is 11.3. The Morgan fingerprint density at radius 3 is 2.63 bits per heavy atom. The van der Waals surface area contributed by atoms with E-state index in [2.05, 4.69) is 15.4 Å². The first-order chi connectivity index (χ1) is 14.4. The summed E-state index contributed by atoms with van der Waals surface area (Å²) in [6.07, 6.45) is 0.916. The van der Waals surface area contributed by atoms with Crippen molar-refractivity contribution < 1.29 is 18.4 Å². The number of amides is 1. The van der Waals surface area contributed by atoms with Crippen LogP contribution in [0.15, 0.2) is 47.0 Å². The minimum absolute atomic E-state index is 0.0302. The number of ether oxygens (including phenoxy) is 1. The molecule has 0 aliphatic rings.